The summed E-state index contributed by atoms with van der Waals surface area (Å²) in [5, 5.41) is 6.15. The first kappa shape index (κ1) is 14.2. The normalized spacial score (nSPS) is 16.6. The lowest BCUT2D eigenvalue weighted by Crippen LogP contribution is -2.33. The third-order valence-electron chi connectivity index (χ3n) is 2.68. The molecule has 0 aliphatic carbocycles. The van der Waals surface area contributed by atoms with Gasteiger partial charge in [0, 0.05) is 19.2 Å². The number of hydrogen-bond donors (Lipinski definition) is 2. The van der Waals surface area contributed by atoms with Gasteiger partial charge >= 0.3 is 0 Å². The van der Waals surface area contributed by atoms with Gasteiger partial charge in [-0.3, -0.25) is 4.79 Å². The van der Waals surface area contributed by atoms with E-state index in [9.17, 15) is 4.79 Å². The molecule has 1 aliphatic rings. The second-order valence-corrected chi connectivity index (χ2v) is 4.69. The summed E-state index contributed by atoms with van der Waals surface area (Å²) in [5.41, 5.74) is 1.02. The Bertz CT molecular complexity index is 254. The van der Waals surface area contributed by atoms with E-state index in [0.717, 1.165) is 44.5 Å². The molecule has 17 heavy (non-hydrogen) atoms. The van der Waals surface area contributed by atoms with Crippen LogP contribution >= 0.6 is 0 Å². The second kappa shape index (κ2) is 8.25. The molecule has 1 saturated heterocycles. The van der Waals surface area contributed by atoms with Crippen LogP contribution in [0.4, 0.5) is 0 Å². The molecule has 0 aromatic heterocycles. The first-order chi connectivity index (χ1) is 8.18. The topological polar surface area (TPSA) is 50.4 Å². The van der Waals surface area contributed by atoms with E-state index in [4.69, 9.17) is 4.74 Å². The maximum absolute atomic E-state index is 11.3. The fourth-order valence-corrected chi connectivity index (χ4v) is 1.81. The van der Waals surface area contributed by atoms with Gasteiger partial charge in [0.2, 0.25) is 5.91 Å². The van der Waals surface area contributed by atoms with Crippen molar-refractivity contribution in [1.82, 2.24) is 10.6 Å². The van der Waals surface area contributed by atoms with Gasteiger partial charge in [-0.05, 0) is 46.2 Å². The summed E-state index contributed by atoms with van der Waals surface area (Å²) >= 11 is 0. The number of piperidine rings is 1. The Morgan fingerprint density at radius 2 is 2.12 bits per heavy atom. The number of ether oxygens (including phenoxy) is 1. The van der Waals surface area contributed by atoms with Gasteiger partial charge in [-0.25, -0.2) is 0 Å². The van der Waals surface area contributed by atoms with E-state index < -0.39 is 0 Å². The molecule has 0 spiro atoms. The molecule has 0 aromatic carbocycles. The molecule has 98 valence electrons. The van der Waals surface area contributed by atoms with E-state index in [1.165, 1.54) is 0 Å². The Morgan fingerprint density at radius 3 is 2.76 bits per heavy atom. The van der Waals surface area contributed by atoms with Crippen molar-refractivity contribution in [1.29, 1.82) is 0 Å². The number of nitrogens with one attached hydrogen (secondary N) is 2. The number of carbonyl (C=O) groups is 1. The summed E-state index contributed by atoms with van der Waals surface area (Å²) in [6.45, 7) is 7.37. The first-order valence-corrected chi connectivity index (χ1v) is 6.43. The maximum Gasteiger partial charge on any atom is 0.243 e. The molecule has 0 radical (unpaired) electrons. The van der Waals surface area contributed by atoms with Crippen molar-refractivity contribution in [3.05, 3.63) is 11.6 Å². The molecular weight excluding hydrogens is 216 g/mol. The van der Waals surface area contributed by atoms with Crippen LogP contribution in [0.5, 0.6) is 0 Å². The van der Waals surface area contributed by atoms with E-state index in [1.54, 1.807) is 6.08 Å². The number of carbonyl (C=O) groups excluding carboxylic acids is 1. The van der Waals surface area contributed by atoms with Gasteiger partial charge in [0.05, 0.1) is 6.10 Å². The molecule has 2 N–H and O–H groups in total. The van der Waals surface area contributed by atoms with Crippen LogP contribution in [0.2, 0.25) is 0 Å². The SMILES string of the molecule is CC(C)=CC(=O)NCCCOC1CCNCC1. The van der Waals surface area contributed by atoms with Crippen LogP contribution in [-0.2, 0) is 9.53 Å². The summed E-state index contributed by atoms with van der Waals surface area (Å²) in [7, 11) is 0. The zero-order valence-corrected chi connectivity index (χ0v) is 10.9. The number of rotatable bonds is 6. The Labute approximate surface area is 104 Å². The molecule has 4 nitrogen and oxygen atoms in total. The Balaban J connectivity index is 1.97. The van der Waals surface area contributed by atoms with Gasteiger partial charge in [0.15, 0.2) is 0 Å². The fraction of sp³-hybridized carbons (Fsp3) is 0.769. The molecule has 0 saturated carbocycles. The van der Waals surface area contributed by atoms with Crippen LogP contribution in [0.3, 0.4) is 0 Å². The van der Waals surface area contributed by atoms with Crippen LogP contribution < -0.4 is 10.6 Å². The summed E-state index contributed by atoms with van der Waals surface area (Å²) in [4.78, 5) is 11.3. The lowest BCUT2D eigenvalue weighted by Gasteiger charge is -2.22. The number of hydrogen-bond acceptors (Lipinski definition) is 3. The number of amides is 1. The Kier molecular flexibility index (Phi) is 6.89. The van der Waals surface area contributed by atoms with Crippen LogP contribution in [0.1, 0.15) is 33.1 Å². The average Bonchev–Trinajstić information content (AvgIpc) is 2.29. The van der Waals surface area contributed by atoms with Gasteiger partial charge in [-0.15, -0.1) is 0 Å². The highest BCUT2D eigenvalue weighted by molar-refractivity contribution is 5.87. The molecule has 0 unspecified atom stereocenters. The van der Waals surface area contributed by atoms with Crippen LogP contribution in [0.15, 0.2) is 11.6 Å². The van der Waals surface area contributed by atoms with Gasteiger partial charge in [0.25, 0.3) is 0 Å². The molecular formula is C13H24N2O2. The van der Waals surface area contributed by atoms with E-state index in [-0.39, 0.29) is 5.91 Å². The summed E-state index contributed by atoms with van der Waals surface area (Å²) in [6, 6.07) is 0. The quantitative estimate of drug-likeness (QED) is 0.542. The molecule has 1 fully saturated rings. The maximum atomic E-state index is 11.3. The third kappa shape index (κ3) is 7.13. The summed E-state index contributed by atoms with van der Waals surface area (Å²) in [5.74, 6) is -0.00753. The standard InChI is InChI=1S/C13H24N2O2/c1-11(2)10-13(16)15-6-3-9-17-12-4-7-14-8-5-12/h10,12,14H,3-9H2,1-2H3,(H,15,16). The highest BCUT2D eigenvalue weighted by Crippen LogP contribution is 2.06. The average molecular weight is 240 g/mol. The molecule has 1 aliphatic heterocycles. The second-order valence-electron chi connectivity index (χ2n) is 4.69. The summed E-state index contributed by atoms with van der Waals surface area (Å²) in [6.07, 6.45) is 5.11. The molecule has 0 atom stereocenters. The highest BCUT2D eigenvalue weighted by Gasteiger charge is 2.12. The highest BCUT2D eigenvalue weighted by atomic mass is 16.5. The van der Waals surface area contributed by atoms with Crippen molar-refractivity contribution >= 4 is 5.91 Å². The van der Waals surface area contributed by atoms with Crippen molar-refractivity contribution in [3.63, 3.8) is 0 Å². The minimum atomic E-state index is -0.00753. The zero-order valence-electron chi connectivity index (χ0n) is 10.9. The minimum Gasteiger partial charge on any atom is -0.378 e. The first-order valence-electron chi connectivity index (χ1n) is 6.43. The molecule has 1 heterocycles. The lowest BCUT2D eigenvalue weighted by atomic mass is 10.1. The van der Waals surface area contributed by atoms with Gasteiger partial charge < -0.3 is 15.4 Å². The van der Waals surface area contributed by atoms with E-state index in [0.29, 0.717) is 12.6 Å². The molecule has 0 bridgehead atoms. The monoisotopic (exact) mass is 240 g/mol. The minimum absolute atomic E-state index is 0.00753. The van der Waals surface area contributed by atoms with E-state index in [2.05, 4.69) is 10.6 Å². The molecule has 4 heteroatoms. The van der Waals surface area contributed by atoms with Crippen molar-refractivity contribution in [2.24, 2.45) is 0 Å². The van der Waals surface area contributed by atoms with Gasteiger partial charge in [-0.1, -0.05) is 5.57 Å². The van der Waals surface area contributed by atoms with Crippen LogP contribution in [0, 0.1) is 0 Å². The smallest absolute Gasteiger partial charge is 0.243 e. The predicted octanol–water partition coefficient (Wildman–Crippen LogP) is 1.23. The predicted molar refractivity (Wildman–Crippen MR) is 68.9 cm³/mol. The summed E-state index contributed by atoms with van der Waals surface area (Å²) < 4.78 is 5.74. The Morgan fingerprint density at radius 1 is 1.41 bits per heavy atom. The van der Waals surface area contributed by atoms with Gasteiger partial charge in [-0.2, -0.15) is 0 Å². The van der Waals surface area contributed by atoms with Crippen molar-refractivity contribution in [2.45, 2.75) is 39.2 Å². The van der Waals surface area contributed by atoms with E-state index >= 15 is 0 Å². The van der Waals surface area contributed by atoms with Crippen molar-refractivity contribution in [3.8, 4) is 0 Å². The van der Waals surface area contributed by atoms with Crippen LogP contribution in [-0.4, -0.2) is 38.3 Å². The fourth-order valence-electron chi connectivity index (χ4n) is 1.81. The number of allylic oxidation sites excluding steroid dienone is 1. The Hall–Kier alpha value is -0.870. The zero-order chi connectivity index (χ0) is 12.5. The van der Waals surface area contributed by atoms with Gasteiger partial charge in [0.1, 0.15) is 0 Å². The molecule has 0 aromatic rings. The van der Waals surface area contributed by atoms with E-state index in [1.807, 2.05) is 13.8 Å². The molecule has 1 amide bonds. The largest absolute Gasteiger partial charge is 0.378 e. The lowest BCUT2D eigenvalue weighted by molar-refractivity contribution is -0.116. The molecule has 1 rings (SSSR count). The van der Waals surface area contributed by atoms with Crippen molar-refractivity contribution < 1.29 is 9.53 Å². The van der Waals surface area contributed by atoms with Crippen LogP contribution in [0.25, 0.3) is 0 Å². The van der Waals surface area contributed by atoms with Crippen molar-refractivity contribution in [2.75, 3.05) is 26.2 Å². The third-order valence-corrected chi connectivity index (χ3v) is 2.68.